The molecule has 8 heteroatoms. The minimum Gasteiger partial charge on any atom is -0.442 e. The van der Waals surface area contributed by atoms with Crippen molar-refractivity contribution < 1.29 is 28.2 Å². The number of nitrogens with one attached hydrogen (secondary N) is 1. The summed E-state index contributed by atoms with van der Waals surface area (Å²) in [7, 11) is 0. The van der Waals surface area contributed by atoms with Gasteiger partial charge < -0.3 is 15.2 Å². The molecule has 1 aliphatic rings. The lowest BCUT2D eigenvalue weighted by Crippen LogP contribution is -2.33. The molecule has 6 nitrogen and oxygen atoms in total. The molecule has 1 fully saturated rings. The van der Waals surface area contributed by atoms with Gasteiger partial charge in [-0.05, 0) is 66.3 Å². The zero-order chi connectivity index (χ0) is 25.7. The van der Waals surface area contributed by atoms with Crippen molar-refractivity contribution >= 4 is 17.7 Å². The van der Waals surface area contributed by atoms with E-state index < -0.39 is 24.1 Å². The van der Waals surface area contributed by atoms with Crippen LogP contribution in [-0.4, -0.2) is 36.3 Å². The second kappa shape index (κ2) is 11.3. The number of benzene rings is 3. The van der Waals surface area contributed by atoms with Crippen LogP contribution in [0.15, 0.2) is 66.7 Å². The monoisotopic (exact) mass is 494 g/mol. The van der Waals surface area contributed by atoms with Gasteiger partial charge in [-0.25, -0.2) is 13.6 Å². The number of halogens is 2. The molecule has 0 bridgehead atoms. The van der Waals surface area contributed by atoms with Crippen molar-refractivity contribution in [3.05, 3.63) is 89.5 Å². The molecule has 36 heavy (non-hydrogen) atoms. The van der Waals surface area contributed by atoms with Crippen LogP contribution in [0.25, 0.3) is 11.1 Å². The largest absolute Gasteiger partial charge is 0.442 e. The molecule has 1 saturated heterocycles. The first-order chi connectivity index (χ1) is 17.3. The lowest BCUT2D eigenvalue weighted by Gasteiger charge is -2.15. The van der Waals surface area contributed by atoms with Crippen molar-refractivity contribution in [1.29, 1.82) is 0 Å². The number of amides is 2. The number of anilines is 1. The van der Waals surface area contributed by atoms with Crippen LogP contribution in [0.3, 0.4) is 0 Å². The van der Waals surface area contributed by atoms with E-state index in [1.807, 2.05) is 24.3 Å². The topological polar surface area (TPSA) is 78.9 Å². The summed E-state index contributed by atoms with van der Waals surface area (Å²) in [5.41, 5.74) is 3.27. The highest BCUT2D eigenvalue weighted by Gasteiger charge is 2.32. The van der Waals surface area contributed by atoms with Crippen molar-refractivity contribution in [2.75, 3.05) is 18.0 Å². The molecule has 1 aliphatic heterocycles. The number of carbonyl (C=O) groups excluding carboxylic acids is 2. The maximum Gasteiger partial charge on any atom is 0.414 e. The molecule has 1 heterocycles. The standard InChI is InChI=1S/C28H28F2N2O4/c1-18(33)31-16-24-17-32(28(35)36-24)23-13-14-25(26(30)15-23)20-7-5-19(6-8-20)3-2-4-27(34)21-9-11-22(29)12-10-21/h5-15,24,27,34H,2-4,16-17H2,1H3,(H,31,33)/t24-,27?/m0/s1. The van der Waals surface area contributed by atoms with Gasteiger partial charge in [-0.3, -0.25) is 9.69 Å². The van der Waals surface area contributed by atoms with Crippen LogP contribution in [0.1, 0.15) is 37.0 Å². The minimum absolute atomic E-state index is 0.204. The molecule has 0 spiro atoms. The summed E-state index contributed by atoms with van der Waals surface area (Å²) < 4.78 is 33.2. The maximum absolute atomic E-state index is 15.0. The fraction of sp³-hybridized carbons (Fsp3) is 0.286. The van der Waals surface area contributed by atoms with Crippen molar-refractivity contribution in [2.45, 2.75) is 38.4 Å². The van der Waals surface area contributed by atoms with E-state index in [1.54, 1.807) is 24.3 Å². The Hall–Kier alpha value is -3.78. The second-order valence-corrected chi connectivity index (χ2v) is 8.87. The van der Waals surface area contributed by atoms with Gasteiger partial charge >= 0.3 is 6.09 Å². The van der Waals surface area contributed by atoms with Crippen LogP contribution in [0.5, 0.6) is 0 Å². The number of rotatable bonds is 9. The predicted octanol–water partition coefficient (Wildman–Crippen LogP) is 5.15. The lowest BCUT2D eigenvalue weighted by atomic mass is 9.99. The summed E-state index contributed by atoms with van der Waals surface area (Å²) in [6.07, 6.45) is 0.326. The summed E-state index contributed by atoms with van der Waals surface area (Å²) in [6, 6.07) is 18.0. The van der Waals surface area contributed by atoms with Gasteiger partial charge in [0.05, 0.1) is 24.9 Å². The summed E-state index contributed by atoms with van der Waals surface area (Å²) in [6.45, 7) is 1.81. The number of carbonyl (C=O) groups is 2. The lowest BCUT2D eigenvalue weighted by molar-refractivity contribution is -0.119. The first-order valence-electron chi connectivity index (χ1n) is 11.8. The highest BCUT2D eigenvalue weighted by atomic mass is 19.1. The van der Waals surface area contributed by atoms with Crippen molar-refractivity contribution in [3.63, 3.8) is 0 Å². The van der Waals surface area contributed by atoms with Crippen LogP contribution in [0.4, 0.5) is 19.3 Å². The normalized spacial score (nSPS) is 16.1. The molecule has 2 atom stereocenters. The number of hydrogen-bond acceptors (Lipinski definition) is 4. The third-order valence-corrected chi connectivity index (χ3v) is 6.18. The van der Waals surface area contributed by atoms with Gasteiger partial charge in [0.25, 0.3) is 0 Å². The molecular formula is C28H28F2N2O4. The Morgan fingerprint density at radius 2 is 1.83 bits per heavy atom. The molecule has 188 valence electrons. The van der Waals surface area contributed by atoms with Gasteiger partial charge in [-0.2, -0.15) is 0 Å². The van der Waals surface area contributed by atoms with Crippen LogP contribution in [0.2, 0.25) is 0 Å². The number of nitrogens with zero attached hydrogens (tertiary/aromatic N) is 1. The third-order valence-electron chi connectivity index (χ3n) is 6.18. The summed E-state index contributed by atoms with van der Waals surface area (Å²) >= 11 is 0. The van der Waals surface area contributed by atoms with E-state index in [0.717, 1.165) is 18.4 Å². The molecule has 0 saturated carbocycles. The quantitative estimate of drug-likeness (QED) is 0.431. The molecule has 2 N–H and O–H groups in total. The molecule has 1 unspecified atom stereocenters. The van der Waals surface area contributed by atoms with Gasteiger partial charge in [0.2, 0.25) is 5.91 Å². The van der Waals surface area contributed by atoms with Gasteiger partial charge in [0.1, 0.15) is 17.7 Å². The van der Waals surface area contributed by atoms with Crippen LogP contribution in [-0.2, 0) is 16.0 Å². The summed E-state index contributed by atoms with van der Waals surface area (Å²) in [5, 5.41) is 12.9. The van der Waals surface area contributed by atoms with Crippen molar-refractivity contribution in [3.8, 4) is 11.1 Å². The minimum atomic E-state index is -0.647. The zero-order valence-corrected chi connectivity index (χ0v) is 19.9. The van der Waals surface area contributed by atoms with E-state index in [9.17, 15) is 23.5 Å². The molecule has 3 aromatic rings. The van der Waals surface area contributed by atoms with Gasteiger partial charge in [-0.1, -0.05) is 36.4 Å². The molecule has 0 aliphatic carbocycles. The van der Waals surface area contributed by atoms with Crippen molar-refractivity contribution in [1.82, 2.24) is 5.32 Å². The van der Waals surface area contributed by atoms with Crippen LogP contribution in [0, 0.1) is 11.6 Å². The average Bonchev–Trinajstić information content (AvgIpc) is 3.24. The number of aliphatic hydroxyl groups is 1. The predicted molar refractivity (Wildman–Crippen MR) is 132 cm³/mol. The fourth-order valence-electron chi connectivity index (χ4n) is 4.20. The van der Waals surface area contributed by atoms with E-state index in [1.165, 1.54) is 30.0 Å². The molecule has 0 radical (unpaired) electrons. The highest BCUT2D eigenvalue weighted by Crippen LogP contribution is 2.29. The molecule has 2 amide bonds. The molecule has 3 aromatic carbocycles. The zero-order valence-electron chi connectivity index (χ0n) is 19.9. The summed E-state index contributed by atoms with van der Waals surface area (Å²) in [4.78, 5) is 24.6. The fourth-order valence-corrected chi connectivity index (χ4v) is 4.20. The van der Waals surface area contributed by atoms with Gasteiger partial charge in [0.15, 0.2) is 0 Å². The Labute approximate surface area is 208 Å². The van der Waals surface area contributed by atoms with Crippen LogP contribution < -0.4 is 10.2 Å². The van der Waals surface area contributed by atoms with E-state index in [2.05, 4.69) is 5.32 Å². The van der Waals surface area contributed by atoms with Crippen molar-refractivity contribution in [2.24, 2.45) is 0 Å². The van der Waals surface area contributed by atoms with Gasteiger partial charge in [0, 0.05) is 12.5 Å². The van der Waals surface area contributed by atoms with E-state index >= 15 is 0 Å². The Bertz CT molecular complexity index is 1220. The number of hydrogen-bond donors (Lipinski definition) is 2. The molecule has 0 aromatic heterocycles. The Morgan fingerprint density at radius 3 is 2.50 bits per heavy atom. The first-order valence-corrected chi connectivity index (χ1v) is 11.8. The average molecular weight is 495 g/mol. The van der Waals surface area contributed by atoms with Gasteiger partial charge in [-0.15, -0.1) is 0 Å². The third kappa shape index (κ3) is 6.26. The number of aliphatic hydroxyl groups excluding tert-OH is 1. The first kappa shape index (κ1) is 25.3. The Kier molecular flexibility index (Phi) is 7.95. The smallest absolute Gasteiger partial charge is 0.414 e. The number of cyclic esters (lactones) is 1. The summed E-state index contributed by atoms with van der Waals surface area (Å²) in [5.74, 6) is -1.00. The number of aryl methyl sites for hydroxylation is 1. The Balaban J connectivity index is 1.34. The molecular weight excluding hydrogens is 466 g/mol. The SMILES string of the molecule is CC(=O)NC[C@H]1CN(c2ccc(-c3ccc(CCCC(O)c4ccc(F)cc4)cc3)c(F)c2)C(=O)O1. The van der Waals surface area contributed by atoms with E-state index in [-0.39, 0.29) is 24.8 Å². The van der Waals surface area contributed by atoms with Crippen LogP contribution >= 0.6 is 0 Å². The molecule has 4 rings (SSSR count). The second-order valence-electron chi connectivity index (χ2n) is 8.87. The van der Waals surface area contributed by atoms with E-state index in [4.69, 9.17) is 4.74 Å². The van der Waals surface area contributed by atoms with E-state index in [0.29, 0.717) is 28.8 Å². The highest BCUT2D eigenvalue weighted by molar-refractivity contribution is 5.90. The maximum atomic E-state index is 15.0. The Morgan fingerprint density at radius 1 is 1.11 bits per heavy atom. The number of ether oxygens (including phenoxy) is 1.